The van der Waals surface area contributed by atoms with E-state index in [1.165, 1.54) is 37.7 Å². The third-order valence-corrected chi connectivity index (χ3v) is 4.24. The van der Waals surface area contributed by atoms with Crippen LogP contribution >= 0.6 is 0 Å². The number of nitrogens with one attached hydrogen (secondary N) is 1. The summed E-state index contributed by atoms with van der Waals surface area (Å²) < 4.78 is 5.74. The lowest BCUT2D eigenvalue weighted by Gasteiger charge is -2.35. The Hall–Kier alpha value is -1.02. The average Bonchev–Trinajstić information content (AvgIpc) is 2.42. The molecule has 2 heteroatoms. The molecule has 0 saturated heterocycles. The molecule has 1 fully saturated rings. The Balaban J connectivity index is 1.94. The van der Waals surface area contributed by atoms with Crippen LogP contribution in [0.3, 0.4) is 0 Å². The molecule has 0 aromatic heterocycles. The highest BCUT2D eigenvalue weighted by Gasteiger charge is 2.27. The first-order valence-electron chi connectivity index (χ1n) is 8.31. The van der Waals surface area contributed by atoms with Crippen LogP contribution in [0.15, 0.2) is 24.3 Å². The molecule has 1 aromatic rings. The lowest BCUT2D eigenvalue weighted by atomic mass is 9.77. The molecule has 0 radical (unpaired) electrons. The summed E-state index contributed by atoms with van der Waals surface area (Å²) in [6.45, 7) is 6.36. The summed E-state index contributed by atoms with van der Waals surface area (Å²) in [6, 6.07) is 9.28. The van der Waals surface area contributed by atoms with Crippen LogP contribution in [0.5, 0.6) is 5.75 Å². The summed E-state index contributed by atoms with van der Waals surface area (Å²) in [5.74, 6) is 1.83. The zero-order valence-electron chi connectivity index (χ0n) is 13.0. The van der Waals surface area contributed by atoms with Gasteiger partial charge in [0.15, 0.2) is 0 Å². The number of rotatable bonds is 9. The molecule has 1 N–H and O–H groups in total. The van der Waals surface area contributed by atoms with Crippen LogP contribution < -0.4 is 10.1 Å². The fourth-order valence-corrected chi connectivity index (χ4v) is 2.74. The van der Waals surface area contributed by atoms with Crippen molar-refractivity contribution in [2.45, 2.75) is 58.4 Å². The van der Waals surface area contributed by atoms with Gasteiger partial charge in [0.2, 0.25) is 0 Å². The van der Waals surface area contributed by atoms with Crippen molar-refractivity contribution < 1.29 is 4.74 Å². The molecular weight excluding hydrogens is 246 g/mol. The molecule has 1 aromatic carbocycles. The van der Waals surface area contributed by atoms with Crippen molar-refractivity contribution in [2.24, 2.45) is 5.92 Å². The molecule has 1 unspecified atom stereocenters. The summed E-state index contributed by atoms with van der Waals surface area (Å²) in [4.78, 5) is 0. The van der Waals surface area contributed by atoms with Gasteiger partial charge in [-0.3, -0.25) is 0 Å². The Morgan fingerprint density at radius 3 is 2.45 bits per heavy atom. The fourth-order valence-electron chi connectivity index (χ4n) is 2.74. The number of hydrogen-bond donors (Lipinski definition) is 1. The van der Waals surface area contributed by atoms with E-state index in [0.717, 1.165) is 31.2 Å². The molecule has 2 nitrogen and oxygen atoms in total. The second kappa shape index (κ2) is 8.31. The Morgan fingerprint density at radius 2 is 1.90 bits per heavy atom. The smallest absolute Gasteiger partial charge is 0.119 e. The summed E-state index contributed by atoms with van der Waals surface area (Å²) in [7, 11) is 0. The van der Waals surface area contributed by atoms with Crippen molar-refractivity contribution in [1.29, 1.82) is 0 Å². The molecule has 112 valence electrons. The van der Waals surface area contributed by atoms with E-state index in [1.54, 1.807) is 0 Å². The first kappa shape index (κ1) is 15.4. The minimum absolute atomic E-state index is 0.536. The Morgan fingerprint density at radius 1 is 1.15 bits per heavy atom. The first-order chi connectivity index (χ1) is 9.85. The van der Waals surface area contributed by atoms with E-state index in [2.05, 4.69) is 43.4 Å². The van der Waals surface area contributed by atoms with Gasteiger partial charge in [0, 0.05) is 6.04 Å². The van der Waals surface area contributed by atoms with Crippen LogP contribution in [0.2, 0.25) is 0 Å². The highest BCUT2D eigenvalue weighted by atomic mass is 16.5. The van der Waals surface area contributed by atoms with Crippen LogP contribution in [0.1, 0.15) is 64.0 Å². The third-order valence-electron chi connectivity index (χ3n) is 4.24. The normalized spacial score (nSPS) is 16.7. The van der Waals surface area contributed by atoms with E-state index in [4.69, 9.17) is 4.74 Å². The highest BCUT2D eigenvalue weighted by molar-refractivity contribution is 5.29. The lowest BCUT2D eigenvalue weighted by Crippen LogP contribution is -2.32. The quantitative estimate of drug-likeness (QED) is 0.659. The molecule has 1 aliphatic carbocycles. The van der Waals surface area contributed by atoms with Crippen molar-refractivity contribution in [3.05, 3.63) is 29.8 Å². The maximum Gasteiger partial charge on any atom is 0.119 e. The van der Waals surface area contributed by atoms with Gasteiger partial charge in [-0.05, 0) is 55.8 Å². The first-order valence-corrected chi connectivity index (χ1v) is 8.31. The molecular formula is C18H29NO. The number of hydrogen-bond acceptors (Lipinski definition) is 2. The second-order valence-electron chi connectivity index (χ2n) is 5.89. The summed E-state index contributed by atoms with van der Waals surface area (Å²) in [6.07, 6.45) is 7.65. The van der Waals surface area contributed by atoms with Crippen LogP contribution in [-0.2, 0) is 0 Å². The Bertz CT molecular complexity index is 370. The molecule has 0 heterocycles. The van der Waals surface area contributed by atoms with Crippen molar-refractivity contribution >= 4 is 0 Å². The molecule has 20 heavy (non-hydrogen) atoms. The van der Waals surface area contributed by atoms with E-state index in [9.17, 15) is 0 Å². The summed E-state index contributed by atoms with van der Waals surface area (Å²) >= 11 is 0. The maximum atomic E-state index is 5.74. The van der Waals surface area contributed by atoms with Crippen molar-refractivity contribution in [2.75, 3.05) is 13.2 Å². The van der Waals surface area contributed by atoms with Gasteiger partial charge in [-0.15, -0.1) is 0 Å². The molecule has 0 bridgehead atoms. The van der Waals surface area contributed by atoms with E-state index >= 15 is 0 Å². The Kier molecular flexibility index (Phi) is 6.38. The number of benzene rings is 1. The molecule has 1 saturated carbocycles. The van der Waals surface area contributed by atoms with Gasteiger partial charge in [0.1, 0.15) is 5.75 Å². The van der Waals surface area contributed by atoms with Crippen molar-refractivity contribution in [3.8, 4) is 5.75 Å². The number of unbranched alkanes of at least 4 members (excludes halogenated alkanes) is 1. The third kappa shape index (κ3) is 4.24. The van der Waals surface area contributed by atoms with Crippen LogP contribution in [-0.4, -0.2) is 13.2 Å². The van der Waals surface area contributed by atoms with E-state index in [-0.39, 0.29) is 0 Å². The van der Waals surface area contributed by atoms with E-state index in [1.807, 2.05) is 0 Å². The van der Waals surface area contributed by atoms with Crippen molar-refractivity contribution in [3.63, 3.8) is 0 Å². The van der Waals surface area contributed by atoms with Gasteiger partial charge in [0.05, 0.1) is 6.61 Å². The van der Waals surface area contributed by atoms with E-state index < -0.39 is 0 Å². The van der Waals surface area contributed by atoms with Gasteiger partial charge in [0.25, 0.3) is 0 Å². The highest BCUT2D eigenvalue weighted by Crippen LogP contribution is 2.38. The van der Waals surface area contributed by atoms with Gasteiger partial charge in [-0.1, -0.05) is 38.8 Å². The maximum absolute atomic E-state index is 5.74. The molecule has 0 amide bonds. The Labute approximate surface area is 123 Å². The lowest BCUT2D eigenvalue weighted by molar-refractivity contribution is 0.231. The topological polar surface area (TPSA) is 21.3 Å². The van der Waals surface area contributed by atoms with Gasteiger partial charge >= 0.3 is 0 Å². The summed E-state index contributed by atoms with van der Waals surface area (Å²) in [5, 5.41) is 3.72. The second-order valence-corrected chi connectivity index (χ2v) is 5.89. The van der Waals surface area contributed by atoms with Crippen LogP contribution in [0.4, 0.5) is 0 Å². The minimum atomic E-state index is 0.536. The van der Waals surface area contributed by atoms with Crippen LogP contribution in [0, 0.1) is 5.92 Å². The standard InChI is InChI=1S/C18H29NO/c1-3-5-14-20-17-11-9-16(10-12-17)18(19-13-4-2)15-7-6-8-15/h9-12,15,18-19H,3-8,13-14H2,1-2H3. The molecule has 0 spiro atoms. The predicted molar refractivity (Wildman–Crippen MR) is 85.2 cm³/mol. The molecule has 1 aliphatic rings. The number of ether oxygens (including phenoxy) is 1. The zero-order valence-corrected chi connectivity index (χ0v) is 13.0. The molecule has 0 aliphatic heterocycles. The van der Waals surface area contributed by atoms with Gasteiger partial charge in [-0.25, -0.2) is 0 Å². The summed E-state index contributed by atoms with van der Waals surface area (Å²) in [5.41, 5.74) is 1.42. The average molecular weight is 275 g/mol. The fraction of sp³-hybridized carbons (Fsp3) is 0.667. The minimum Gasteiger partial charge on any atom is -0.494 e. The predicted octanol–water partition coefficient (Wildman–Crippen LogP) is 4.71. The van der Waals surface area contributed by atoms with Crippen LogP contribution in [0.25, 0.3) is 0 Å². The monoisotopic (exact) mass is 275 g/mol. The van der Waals surface area contributed by atoms with Gasteiger partial charge < -0.3 is 10.1 Å². The molecule has 2 rings (SSSR count). The SMILES string of the molecule is CCCCOc1ccc(C(NCCC)C2CCC2)cc1. The zero-order chi connectivity index (χ0) is 14.2. The van der Waals surface area contributed by atoms with E-state index in [0.29, 0.717) is 6.04 Å². The van der Waals surface area contributed by atoms with Crippen molar-refractivity contribution in [1.82, 2.24) is 5.32 Å². The largest absolute Gasteiger partial charge is 0.494 e. The van der Waals surface area contributed by atoms with Gasteiger partial charge in [-0.2, -0.15) is 0 Å². The molecule has 1 atom stereocenters.